The Kier molecular flexibility index (Phi) is 7.86. The van der Waals surface area contributed by atoms with Crippen LogP contribution in [-0.2, 0) is 10.2 Å². The Hall–Kier alpha value is -3.02. The Labute approximate surface area is 179 Å². The lowest BCUT2D eigenvalue weighted by Crippen LogP contribution is -2.35. The first kappa shape index (κ1) is 23.3. The molecule has 0 aliphatic carbocycles. The summed E-state index contributed by atoms with van der Waals surface area (Å²) in [5, 5.41) is 8.83. The molecule has 8 heteroatoms. The number of hydrogen-bond donors (Lipinski definition) is 2. The molecule has 3 N–H and O–H groups in total. The van der Waals surface area contributed by atoms with Crippen LogP contribution in [0.5, 0.6) is 5.75 Å². The summed E-state index contributed by atoms with van der Waals surface area (Å²) in [5.41, 5.74) is 7.20. The van der Waals surface area contributed by atoms with Gasteiger partial charge in [0.1, 0.15) is 5.75 Å². The Morgan fingerprint density at radius 1 is 1.23 bits per heavy atom. The van der Waals surface area contributed by atoms with Crippen molar-refractivity contribution in [1.82, 2.24) is 0 Å². The van der Waals surface area contributed by atoms with Crippen molar-refractivity contribution in [3.8, 4) is 11.8 Å². The van der Waals surface area contributed by atoms with Gasteiger partial charge in [-0.2, -0.15) is 13.7 Å². The van der Waals surface area contributed by atoms with Gasteiger partial charge in [-0.05, 0) is 74.7 Å². The Balaban J connectivity index is 1.92. The fourth-order valence-corrected chi connectivity index (χ4v) is 3.79. The number of nitrogens with one attached hydrogen (secondary N) is 1. The SMILES string of the molecule is C=CCC(C)(N)CCCOc1ccc(N(C)S(=O)(=O)Nc2ccc(C#N)cc2)cc1. The number of ether oxygens (including phenoxy) is 1. The molecule has 0 aliphatic heterocycles. The van der Waals surface area contributed by atoms with E-state index in [1.54, 1.807) is 48.5 Å². The molecule has 0 heterocycles. The molecule has 2 rings (SSSR count). The smallest absolute Gasteiger partial charge is 0.323 e. The summed E-state index contributed by atoms with van der Waals surface area (Å²) >= 11 is 0. The van der Waals surface area contributed by atoms with Gasteiger partial charge in [0.15, 0.2) is 0 Å². The van der Waals surface area contributed by atoms with Crippen molar-refractivity contribution < 1.29 is 13.2 Å². The van der Waals surface area contributed by atoms with Crippen LogP contribution in [0.15, 0.2) is 61.2 Å². The van der Waals surface area contributed by atoms with E-state index in [0.29, 0.717) is 29.3 Å². The van der Waals surface area contributed by atoms with Gasteiger partial charge in [0.25, 0.3) is 0 Å². The molecule has 0 amide bonds. The van der Waals surface area contributed by atoms with Crippen LogP contribution in [0.2, 0.25) is 0 Å². The summed E-state index contributed by atoms with van der Waals surface area (Å²) in [7, 11) is -2.34. The van der Waals surface area contributed by atoms with Gasteiger partial charge in [0.05, 0.1) is 29.6 Å². The van der Waals surface area contributed by atoms with E-state index in [9.17, 15) is 8.42 Å². The molecule has 7 nitrogen and oxygen atoms in total. The molecule has 0 spiro atoms. The fraction of sp³-hybridized carbons (Fsp3) is 0.318. The van der Waals surface area contributed by atoms with Crippen LogP contribution >= 0.6 is 0 Å². The van der Waals surface area contributed by atoms with Gasteiger partial charge in [-0.25, -0.2) is 0 Å². The standard InChI is InChI=1S/C22H28N4O3S/c1-4-14-22(2,24)15-5-16-29-21-12-10-20(11-13-21)26(3)30(27,28)25-19-8-6-18(17-23)7-9-19/h4,6-13,25H,1,5,14-16,24H2,2-3H3. The molecule has 2 aromatic rings. The third kappa shape index (κ3) is 6.79. The van der Waals surface area contributed by atoms with Crippen LogP contribution in [0.3, 0.4) is 0 Å². The summed E-state index contributed by atoms with van der Waals surface area (Å²) < 4.78 is 34.6. The number of hydrogen-bond acceptors (Lipinski definition) is 5. The number of nitriles is 1. The van der Waals surface area contributed by atoms with Crippen molar-refractivity contribution in [2.75, 3.05) is 22.7 Å². The topological polar surface area (TPSA) is 108 Å². The van der Waals surface area contributed by atoms with Gasteiger partial charge >= 0.3 is 10.2 Å². The zero-order valence-corrected chi connectivity index (χ0v) is 18.2. The van der Waals surface area contributed by atoms with Crippen LogP contribution in [0.4, 0.5) is 11.4 Å². The number of benzene rings is 2. The average molecular weight is 429 g/mol. The maximum Gasteiger partial charge on any atom is 0.323 e. The second-order valence-electron chi connectivity index (χ2n) is 7.36. The van der Waals surface area contributed by atoms with Crippen LogP contribution < -0.4 is 19.5 Å². The van der Waals surface area contributed by atoms with E-state index in [1.807, 2.05) is 19.1 Å². The molecule has 0 aromatic heterocycles. The predicted octanol–water partition coefficient (Wildman–Crippen LogP) is 3.80. The van der Waals surface area contributed by atoms with Gasteiger partial charge in [-0.1, -0.05) is 6.08 Å². The van der Waals surface area contributed by atoms with E-state index in [2.05, 4.69) is 11.3 Å². The number of rotatable bonds is 11. The lowest BCUT2D eigenvalue weighted by atomic mass is 9.93. The lowest BCUT2D eigenvalue weighted by molar-refractivity contribution is 0.285. The van der Waals surface area contributed by atoms with Crippen molar-refractivity contribution in [2.45, 2.75) is 31.7 Å². The first-order valence-electron chi connectivity index (χ1n) is 9.56. The fourth-order valence-electron chi connectivity index (χ4n) is 2.82. The normalized spacial score (nSPS) is 13.0. The average Bonchev–Trinajstić information content (AvgIpc) is 2.71. The maximum atomic E-state index is 12.6. The number of nitrogens with zero attached hydrogens (tertiary/aromatic N) is 2. The Morgan fingerprint density at radius 3 is 2.43 bits per heavy atom. The zero-order chi connectivity index (χ0) is 22.2. The highest BCUT2D eigenvalue weighted by atomic mass is 32.2. The molecule has 0 bridgehead atoms. The second-order valence-corrected chi connectivity index (χ2v) is 9.06. The minimum Gasteiger partial charge on any atom is -0.494 e. The van der Waals surface area contributed by atoms with Gasteiger partial charge < -0.3 is 10.5 Å². The number of anilines is 2. The first-order valence-corrected chi connectivity index (χ1v) is 11.0. The Morgan fingerprint density at radius 2 is 1.87 bits per heavy atom. The molecule has 1 atom stereocenters. The van der Waals surface area contributed by atoms with Gasteiger partial charge in [-0.15, -0.1) is 6.58 Å². The predicted molar refractivity (Wildman–Crippen MR) is 121 cm³/mol. The van der Waals surface area contributed by atoms with Crippen molar-refractivity contribution in [2.24, 2.45) is 5.73 Å². The van der Waals surface area contributed by atoms with E-state index in [0.717, 1.165) is 23.6 Å². The van der Waals surface area contributed by atoms with E-state index in [-0.39, 0.29) is 5.54 Å². The second kappa shape index (κ2) is 10.1. The maximum absolute atomic E-state index is 12.6. The minimum atomic E-state index is -3.80. The van der Waals surface area contributed by atoms with E-state index in [1.165, 1.54) is 7.05 Å². The highest BCUT2D eigenvalue weighted by Gasteiger charge is 2.19. The van der Waals surface area contributed by atoms with Gasteiger partial charge in [-0.3, -0.25) is 9.03 Å². The molecule has 0 saturated carbocycles. The third-order valence-corrected chi connectivity index (χ3v) is 6.02. The highest BCUT2D eigenvalue weighted by molar-refractivity contribution is 7.94. The van der Waals surface area contributed by atoms with Crippen molar-refractivity contribution in [3.05, 3.63) is 66.7 Å². The third-order valence-electron chi connectivity index (χ3n) is 4.59. The van der Waals surface area contributed by atoms with Crippen LogP contribution in [0, 0.1) is 11.3 Å². The lowest BCUT2D eigenvalue weighted by Gasteiger charge is -2.23. The summed E-state index contributed by atoms with van der Waals surface area (Å²) in [4.78, 5) is 0. The molecular weight excluding hydrogens is 400 g/mol. The summed E-state index contributed by atoms with van der Waals surface area (Å²) in [6.07, 6.45) is 4.20. The zero-order valence-electron chi connectivity index (χ0n) is 17.3. The van der Waals surface area contributed by atoms with Gasteiger partial charge in [0, 0.05) is 12.6 Å². The summed E-state index contributed by atoms with van der Waals surface area (Å²) in [5.74, 6) is 0.659. The van der Waals surface area contributed by atoms with Crippen molar-refractivity contribution >= 4 is 21.6 Å². The summed E-state index contributed by atoms with van der Waals surface area (Å²) in [6.45, 7) is 6.23. The Bertz CT molecular complexity index is 979. The van der Waals surface area contributed by atoms with Crippen LogP contribution in [0.1, 0.15) is 31.7 Å². The monoisotopic (exact) mass is 428 g/mol. The first-order chi connectivity index (χ1) is 14.2. The molecule has 0 fully saturated rings. The molecule has 160 valence electrons. The quantitative estimate of drug-likeness (QED) is 0.418. The van der Waals surface area contributed by atoms with E-state index in [4.69, 9.17) is 15.7 Å². The van der Waals surface area contributed by atoms with Crippen LogP contribution in [0.25, 0.3) is 0 Å². The van der Waals surface area contributed by atoms with E-state index < -0.39 is 10.2 Å². The number of nitrogens with two attached hydrogens (primary N) is 1. The molecule has 2 aromatic carbocycles. The molecule has 0 aliphatic rings. The van der Waals surface area contributed by atoms with Crippen molar-refractivity contribution in [1.29, 1.82) is 5.26 Å². The molecule has 30 heavy (non-hydrogen) atoms. The largest absolute Gasteiger partial charge is 0.494 e. The molecular formula is C22H28N4O3S. The van der Waals surface area contributed by atoms with Crippen molar-refractivity contribution in [3.63, 3.8) is 0 Å². The molecule has 1 unspecified atom stereocenters. The van der Waals surface area contributed by atoms with E-state index >= 15 is 0 Å². The molecule has 0 saturated heterocycles. The minimum absolute atomic E-state index is 0.284. The van der Waals surface area contributed by atoms with Gasteiger partial charge in [0.2, 0.25) is 0 Å². The molecule has 0 radical (unpaired) electrons. The van der Waals surface area contributed by atoms with Crippen LogP contribution in [-0.4, -0.2) is 27.6 Å². The highest BCUT2D eigenvalue weighted by Crippen LogP contribution is 2.22. The summed E-state index contributed by atoms with van der Waals surface area (Å²) in [6, 6.07) is 15.0.